The molecule has 2 atom stereocenters. The van der Waals surface area contributed by atoms with E-state index in [1.54, 1.807) is 0 Å². The van der Waals surface area contributed by atoms with Gasteiger partial charge in [-0.05, 0) is 77.0 Å². The molecular weight excluding hydrogens is 550 g/mol. The van der Waals surface area contributed by atoms with Gasteiger partial charge in [0.05, 0.1) is 39.9 Å². The summed E-state index contributed by atoms with van der Waals surface area (Å²) in [5.41, 5.74) is 0. The zero-order valence-electron chi connectivity index (χ0n) is 31.0. The summed E-state index contributed by atoms with van der Waals surface area (Å²) >= 11 is 0. The van der Waals surface area contributed by atoms with Crippen LogP contribution in [0.4, 0.5) is 0 Å². The number of hydrogen-bond donors (Lipinski definition) is 0. The molecule has 0 bridgehead atoms. The van der Waals surface area contributed by atoms with Crippen LogP contribution in [0.3, 0.4) is 0 Å². The van der Waals surface area contributed by atoms with Gasteiger partial charge in [0.1, 0.15) is 0 Å². The summed E-state index contributed by atoms with van der Waals surface area (Å²) in [6, 6.07) is 0. The Bertz CT molecular complexity index is 692. The van der Waals surface area contributed by atoms with Crippen molar-refractivity contribution < 1.29 is 14.0 Å². The largest absolute Gasteiger partial charge is 0.346 e. The Morgan fingerprint density at radius 1 is 0.422 bits per heavy atom. The van der Waals surface area contributed by atoms with E-state index in [2.05, 4.69) is 83.6 Å². The smallest absolute Gasteiger partial charge is 0.163 e. The van der Waals surface area contributed by atoms with Gasteiger partial charge in [0.2, 0.25) is 0 Å². The van der Waals surface area contributed by atoms with Crippen molar-refractivity contribution >= 4 is 0 Å². The summed E-state index contributed by atoms with van der Waals surface area (Å²) in [6.45, 7) is 5.63. The van der Waals surface area contributed by atoms with Crippen molar-refractivity contribution in [2.75, 3.05) is 27.7 Å². The van der Waals surface area contributed by atoms with Gasteiger partial charge >= 0.3 is 0 Å². The van der Waals surface area contributed by atoms with Crippen LogP contribution in [0.25, 0.3) is 0 Å². The molecule has 0 aliphatic carbocycles. The zero-order chi connectivity index (χ0) is 32.7. The van der Waals surface area contributed by atoms with Gasteiger partial charge in [0.15, 0.2) is 6.29 Å². The predicted molar refractivity (Wildman–Crippen MR) is 200 cm³/mol. The molecular formula is C42H78NO2+. The number of allylic oxidation sites excluding steroid dienone is 8. The van der Waals surface area contributed by atoms with Crippen molar-refractivity contribution in [3.05, 3.63) is 48.6 Å². The second-order valence-corrected chi connectivity index (χ2v) is 14.6. The Morgan fingerprint density at radius 2 is 0.778 bits per heavy atom. The average molecular weight is 629 g/mol. The number of ether oxygens (including phenoxy) is 2. The molecule has 0 amide bonds. The molecule has 45 heavy (non-hydrogen) atoms. The van der Waals surface area contributed by atoms with E-state index >= 15 is 0 Å². The van der Waals surface area contributed by atoms with E-state index in [1.165, 1.54) is 128 Å². The van der Waals surface area contributed by atoms with Crippen LogP contribution in [0.2, 0.25) is 0 Å². The van der Waals surface area contributed by atoms with Crippen LogP contribution in [0, 0.1) is 0 Å². The quantitative estimate of drug-likeness (QED) is 0.0432. The van der Waals surface area contributed by atoms with Crippen LogP contribution < -0.4 is 0 Å². The Balaban J connectivity index is 2.17. The van der Waals surface area contributed by atoms with Crippen LogP contribution in [0.5, 0.6) is 0 Å². The third-order valence-electron chi connectivity index (χ3n) is 8.98. The van der Waals surface area contributed by atoms with Crippen molar-refractivity contribution in [3.63, 3.8) is 0 Å². The lowest BCUT2D eigenvalue weighted by atomic mass is 9.99. The number of rotatable bonds is 31. The molecule has 0 spiro atoms. The molecule has 2 unspecified atom stereocenters. The van der Waals surface area contributed by atoms with E-state index in [1.807, 2.05) is 0 Å². The fourth-order valence-corrected chi connectivity index (χ4v) is 6.05. The number of quaternary nitrogens is 1. The fourth-order valence-electron chi connectivity index (χ4n) is 6.05. The molecule has 1 heterocycles. The highest BCUT2D eigenvalue weighted by Gasteiger charge is 2.35. The fraction of sp³-hybridized carbons (Fsp3) is 0.810. The summed E-state index contributed by atoms with van der Waals surface area (Å²) < 4.78 is 14.0. The summed E-state index contributed by atoms with van der Waals surface area (Å²) in [4.78, 5) is 0. The first-order chi connectivity index (χ1) is 22.0. The molecule has 262 valence electrons. The number of unbranched alkanes of at least 4 members (excludes halogenated alkanes) is 16. The van der Waals surface area contributed by atoms with Crippen molar-refractivity contribution in [1.29, 1.82) is 0 Å². The molecule has 0 saturated carbocycles. The maximum Gasteiger partial charge on any atom is 0.163 e. The first kappa shape index (κ1) is 41.9. The maximum absolute atomic E-state index is 6.50. The van der Waals surface area contributed by atoms with E-state index in [-0.39, 0.29) is 6.29 Å². The Kier molecular flexibility index (Phi) is 28.1. The predicted octanol–water partition coefficient (Wildman–Crippen LogP) is 12.8. The number of hydrogen-bond acceptors (Lipinski definition) is 2. The van der Waals surface area contributed by atoms with Gasteiger partial charge in [-0.25, -0.2) is 0 Å². The van der Waals surface area contributed by atoms with Gasteiger partial charge in [-0.2, -0.15) is 0 Å². The van der Waals surface area contributed by atoms with Crippen molar-refractivity contribution in [2.45, 2.75) is 193 Å². The summed E-state index contributed by atoms with van der Waals surface area (Å²) in [6.07, 6.45) is 51.1. The van der Waals surface area contributed by atoms with Gasteiger partial charge < -0.3 is 14.0 Å². The van der Waals surface area contributed by atoms with E-state index < -0.39 is 0 Å². The molecule has 1 rings (SSSR count). The molecule has 3 heteroatoms. The average Bonchev–Trinajstić information content (AvgIpc) is 3.41. The molecule has 1 fully saturated rings. The van der Waals surface area contributed by atoms with E-state index in [0.717, 1.165) is 43.1 Å². The minimum Gasteiger partial charge on any atom is -0.346 e. The van der Waals surface area contributed by atoms with Crippen LogP contribution >= 0.6 is 0 Å². The van der Waals surface area contributed by atoms with Crippen molar-refractivity contribution in [2.24, 2.45) is 0 Å². The van der Waals surface area contributed by atoms with Gasteiger partial charge in [-0.15, -0.1) is 0 Å². The highest BCUT2D eigenvalue weighted by atomic mass is 16.7. The van der Waals surface area contributed by atoms with Crippen molar-refractivity contribution in [1.82, 2.24) is 0 Å². The Morgan fingerprint density at radius 3 is 1.16 bits per heavy atom. The molecule has 0 aromatic carbocycles. The molecule has 1 aliphatic heterocycles. The Hall–Kier alpha value is -1.16. The lowest BCUT2D eigenvalue weighted by Crippen LogP contribution is -2.37. The molecule has 3 nitrogen and oxygen atoms in total. The maximum atomic E-state index is 6.50. The highest BCUT2D eigenvalue weighted by molar-refractivity contribution is 4.93. The van der Waals surface area contributed by atoms with Gasteiger partial charge in [0.25, 0.3) is 0 Å². The lowest BCUT2D eigenvalue weighted by Gasteiger charge is -2.25. The molecule has 1 saturated heterocycles. The van der Waals surface area contributed by atoms with Gasteiger partial charge in [0, 0.05) is 6.42 Å². The second kappa shape index (κ2) is 30.2. The van der Waals surface area contributed by atoms with Crippen LogP contribution in [-0.2, 0) is 9.47 Å². The van der Waals surface area contributed by atoms with E-state index in [9.17, 15) is 0 Å². The molecule has 0 radical (unpaired) electrons. The zero-order valence-corrected chi connectivity index (χ0v) is 31.0. The lowest BCUT2D eigenvalue weighted by molar-refractivity contribution is -0.871. The third-order valence-corrected chi connectivity index (χ3v) is 8.98. The van der Waals surface area contributed by atoms with E-state index in [4.69, 9.17) is 9.47 Å². The van der Waals surface area contributed by atoms with Gasteiger partial charge in [-0.1, -0.05) is 140 Å². The first-order valence-electron chi connectivity index (χ1n) is 19.7. The standard InChI is InChI=1S/C42H78NO2/c1-6-8-10-12-14-16-18-20-22-24-26-28-30-32-34-36-40-41(45-42(44-40)38-39-43(3,4)5)37-35-33-31-29-27-25-23-21-19-17-15-13-11-9-7-2/h14-17,20-23,40-42H,6-13,18-19,24-39H2,1-5H3/q+1/b16-14-,17-15-,22-20-,23-21-. The Labute approximate surface area is 282 Å². The van der Waals surface area contributed by atoms with Crippen molar-refractivity contribution in [3.8, 4) is 0 Å². The first-order valence-corrected chi connectivity index (χ1v) is 19.7. The van der Waals surface area contributed by atoms with Crippen LogP contribution in [0.15, 0.2) is 48.6 Å². The summed E-state index contributed by atoms with van der Waals surface area (Å²) in [5.74, 6) is 0. The molecule has 0 aromatic heterocycles. The third kappa shape index (κ3) is 27.6. The van der Waals surface area contributed by atoms with Crippen LogP contribution in [0.1, 0.15) is 174 Å². The highest BCUT2D eigenvalue weighted by Crippen LogP contribution is 2.29. The number of nitrogens with zero attached hydrogens (tertiary/aromatic N) is 1. The van der Waals surface area contributed by atoms with Crippen LogP contribution in [-0.4, -0.2) is 50.7 Å². The second-order valence-electron chi connectivity index (χ2n) is 14.6. The van der Waals surface area contributed by atoms with Gasteiger partial charge in [-0.3, -0.25) is 0 Å². The monoisotopic (exact) mass is 629 g/mol. The topological polar surface area (TPSA) is 18.5 Å². The molecule has 1 aliphatic rings. The minimum absolute atomic E-state index is 0.00621. The van der Waals surface area contributed by atoms with E-state index in [0.29, 0.717) is 12.2 Å². The normalized spacial score (nSPS) is 19.4. The molecule has 0 N–H and O–H groups in total. The minimum atomic E-state index is -0.00621. The SMILES string of the molecule is CCCCC/C=C\C/C=C\CCCCCCCC1OC(CC[N+](C)(C)C)OC1CCCCCCC/C=C\C/C=C\CCCCC. The summed E-state index contributed by atoms with van der Waals surface area (Å²) in [5, 5.41) is 0. The molecule has 0 aromatic rings. The summed E-state index contributed by atoms with van der Waals surface area (Å²) in [7, 11) is 6.78.